The lowest BCUT2D eigenvalue weighted by atomic mass is 9.90. The highest BCUT2D eigenvalue weighted by atomic mass is 16.5. The molecule has 8 nitrogen and oxygen atoms in total. The number of nitrogens with one attached hydrogen (secondary N) is 2. The first-order valence-electron chi connectivity index (χ1n) is 14.7. The first-order chi connectivity index (χ1) is 20.2. The number of hydrogen-bond donors (Lipinski definition) is 2. The average Bonchev–Trinajstić information content (AvgIpc) is 2.97. The molecule has 3 amide bonds. The van der Waals surface area contributed by atoms with Crippen LogP contribution >= 0.6 is 0 Å². The van der Waals surface area contributed by atoms with Crippen LogP contribution in [0.5, 0.6) is 11.5 Å². The van der Waals surface area contributed by atoms with Crippen LogP contribution in [0.15, 0.2) is 78.9 Å². The Hall–Kier alpha value is -4.17. The molecule has 2 atom stereocenters. The minimum Gasteiger partial charge on any atom is -0.457 e. The molecule has 4 rings (SSSR count). The molecule has 0 radical (unpaired) electrons. The third-order valence-electron chi connectivity index (χ3n) is 7.58. The summed E-state index contributed by atoms with van der Waals surface area (Å²) in [6.07, 6.45) is 0.549. The molecule has 0 fully saturated rings. The van der Waals surface area contributed by atoms with E-state index in [1.54, 1.807) is 4.90 Å². The maximum absolute atomic E-state index is 14.1. The van der Waals surface area contributed by atoms with Gasteiger partial charge in [-0.05, 0) is 75.1 Å². The molecule has 2 unspecified atom stereocenters. The molecule has 8 heteroatoms. The van der Waals surface area contributed by atoms with Gasteiger partial charge in [0, 0.05) is 38.6 Å². The predicted molar refractivity (Wildman–Crippen MR) is 164 cm³/mol. The van der Waals surface area contributed by atoms with E-state index >= 15 is 0 Å². The summed E-state index contributed by atoms with van der Waals surface area (Å²) in [5, 5.41) is 5.91. The lowest BCUT2D eigenvalue weighted by molar-refractivity contribution is -0.144. The molecule has 2 N–H and O–H groups in total. The van der Waals surface area contributed by atoms with E-state index in [2.05, 4.69) is 43.2 Å². The van der Waals surface area contributed by atoms with Crippen LogP contribution in [0.4, 0.5) is 0 Å². The lowest BCUT2D eigenvalue weighted by Crippen LogP contribution is -2.52. The van der Waals surface area contributed by atoms with Gasteiger partial charge >= 0.3 is 0 Å². The summed E-state index contributed by atoms with van der Waals surface area (Å²) in [5.41, 5.74) is 2.37. The highest BCUT2D eigenvalue weighted by molar-refractivity contribution is 5.93. The van der Waals surface area contributed by atoms with Crippen LogP contribution in [0.1, 0.15) is 63.4 Å². The van der Waals surface area contributed by atoms with Crippen LogP contribution < -0.4 is 15.4 Å². The van der Waals surface area contributed by atoms with Crippen molar-refractivity contribution in [2.24, 2.45) is 0 Å². The number of carbonyl (C=O) groups is 3. The van der Waals surface area contributed by atoms with Crippen LogP contribution in [-0.2, 0) is 20.8 Å². The summed E-state index contributed by atoms with van der Waals surface area (Å²) in [7, 11) is 0. The van der Waals surface area contributed by atoms with E-state index < -0.39 is 12.1 Å². The van der Waals surface area contributed by atoms with Crippen molar-refractivity contribution < 1.29 is 19.1 Å². The summed E-state index contributed by atoms with van der Waals surface area (Å²) in [6.45, 7) is 11.4. The van der Waals surface area contributed by atoms with Crippen molar-refractivity contribution in [3.8, 4) is 11.5 Å². The summed E-state index contributed by atoms with van der Waals surface area (Å²) in [6, 6.07) is 23.3. The van der Waals surface area contributed by atoms with Crippen LogP contribution in [0.3, 0.4) is 0 Å². The highest BCUT2D eigenvalue weighted by Gasteiger charge is 2.39. The first-order valence-corrected chi connectivity index (χ1v) is 14.7. The molecule has 1 heterocycles. The normalized spacial score (nSPS) is 15.3. The second-order valence-corrected chi connectivity index (χ2v) is 11.2. The summed E-state index contributed by atoms with van der Waals surface area (Å²) in [5.74, 6) is 0.505. The molecule has 1 aliphatic heterocycles. The van der Waals surface area contributed by atoms with Crippen LogP contribution in [-0.4, -0.2) is 59.2 Å². The molecule has 0 saturated heterocycles. The molecule has 42 heavy (non-hydrogen) atoms. The number of benzene rings is 3. The Kier molecular flexibility index (Phi) is 10.4. The molecular weight excluding hydrogens is 528 g/mol. The number of amides is 3. The zero-order chi connectivity index (χ0) is 30.2. The molecule has 0 spiro atoms. The fourth-order valence-electron chi connectivity index (χ4n) is 5.63. The Balaban J connectivity index is 1.64. The quantitative estimate of drug-likeness (QED) is 0.338. The van der Waals surface area contributed by atoms with Gasteiger partial charge in [-0.1, -0.05) is 54.6 Å². The van der Waals surface area contributed by atoms with Crippen molar-refractivity contribution in [3.05, 3.63) is 95.6 Å². The summed E-state index contributed by atoms with van der Waals surface area (Å²) < 4.78 is 6.06. The topological polar surface area (TPSA) is 91.0 Å². The summed E-state index contributed by atoms with van der Waals surface area (Å²) >= 11 is 0. The Morgan fingerprint density at radius 2 is 1.55 bits per heavy atom. The van der Waals surface area contributed by atoms with Gasteiger partial charge in [-0.3, -0.25) is 19.3 Å². The molecule has 3 aromatic carbocycles. The van der Waals surface area contributed by atoms with Crippen molar-refractivity contribution in [3.63, 3.8) is 0 Å². The van der Waals surface area contributed by atoms with Gasteiger partial charge in [-0.25, -0.2) is 0 Å². The number of para-hydroxylation sites is 1. The molecule has 0 bridgehead atoms. The SMILES string of the molecule is CC(=O)NC(C(=O)N1CCc2cc(Oc3ccccc3)ccc2C1C(=O)NCCN(C(C)C)C(C)C)c1ccccc1. The monoisotopic (exact) mass is 570 g/mol. The number of rotatable bonds is 11. The fourth-order valence-corrected chi connectivity index (χ4v) is 5.63. The number of nitrogens with zero attached hydrogens (tertiary/aromatic N) is 2. The third kappa shape index (κ3) is 7.56. The van der Waals surface area contributed by atoms with E-state index in [9.17, 15) is 14.4 Å². The lowest BCUT2D eigenvalue weighted by Gasteiger charge is -2.38. The second-order valence-electron chi connectivity index (χ2n) is 11.2. The van der Waals surface area contributed by atoms with E-state index in [-0.39, 0.29) is 17.7 Å². The molecule has 0 saturated carbocycles. The predicted octanol–water partition coefficient (Wildman–Crippen LogP) is 5.02. The van der Waals surface area contributed by atoms with Gasteiger partial charge < -0.3 is 20.3 Å². The van der Waals surface area contributed by atoms with Crippen LogP contribution in [0, 0.1) is 0 Å². The Morgan fingerprint density at radius 3 is 2.17 bits per heavy atom. The van der Waals surface area contributed by atoms with Crippen LogP contribution in [0.25, 0.3) is 0 Å². The van der Waals surface area contributed by atoms with Gasteiger partial charge in [0.05, 0.1) is 0 Å². The number of ether oxygens (including phenoxy) is 1. The Bertz CT molecular complexity index is 1350. The number of hydrogen-bond acceptors (Lipinski definition) is 5. The van der Waals surface area contributed by atoms with Gasteiger partial charge in [0.1, 0.15) is 23.6 Å². The van der Waals surface area contributed by atoms with E-state index in [1.165, 1.54) is 6.92 Å². The molecule has 3 aromatic rings. The maximum atomic E-state index is 14.1. The second kappa shape index (κ2) is 14.1. The van der Waals surface area contributed by atoms with Gasteiger partial charge in [-0.15, -0.1) is 0 Å². The smallest absolute Gasteiger partial charge is 0.250 e. The van der Waals surface area contributed by atoms with Gasteiger partial charge in [0.2, 0.25) is 11.8 Å². The van der Waals surface area contributed by atoms with Crippen LogP contribution in [0.2, 0.25) is 0 Å². The molecule has 0 aromatic heterocycles. The number of fused-ring (bicyclic) bond motifs is 1. The summed E-state index contributed by atoms with van der Waals surface area (Å²) in [4.78, 5) is 44.1. The van der Waals surface area contributed by atoms with E-state index in [1.807, 2.05) is 78.9 Å². The van der Waals surface area contributed by atoms with E-state index in [0.717, 1.165) is 16.9 Å². The largest absolute Gasteiger partial charge is 0.457 e. The van der Waals surface area contributed by atoms with Crippen molar-refractivity contribution in [1.82, 2.24) is 20.4 Å². The van der Waals surface area contributed by atoms with Gasteiger partial charge in [0.15, 0.2) is 0 Å². The fraction of sp³-hybridized carbons (Fsp3) is 0.382. The zero-order valence-corrected chi connectivity index (χ0v) is 25.2. The van der Waals surface area contributed by atoms with Gasteiger partial charge in [0.25, 0.3) is 5.91 Å². The minimum atomic E-state index is -0.904. The van der Waals surface area contributed by atoms with Crippen molar-refractivity contribution in [2.75, 3.05) is 19.6 Å². The molecule has 222 valence electrons. The van der Waals surface area contributed by atoms with Gasteiger partial charge in [-0.2, -0.15) is 0 Å². The molecule has 1 aliphatic rings. The molecular formula is C34H42N4O4. The Labute approximate surface area is 249 Å². The van der Waals surface area contributed by atoms with E-state index in [0.29, 0.717) is 49.5 Å². The maximum Gasteiger partial charge on any atom is 0.250 e. The Morgan fingerprint density at radius 1 is 0.905 bits per heavy atom. The van der Waals surface area contributed by atoms with Crippen molar-refractivity contribution in [1.29, 1.82) is 0 Å². The standard InChI is InChI=1S/C34H42N4O4/c1-23(2)37(24(3)4)21-19-35-33(40)32-30-17-16-29(42-28-14-10-7-11-15-28)22-27(30)18-20-38(32)34(41)31(36-25(5)39)26-12-8-6-9-13-26/h6-17,22-24,31-32H,18-21H2,1-5H3,(H,35,40)(H,36,39). The van der Waals surface area contributed by atoms with Crippen molar-refractivity contribution >= 4 is 17.7 Å². The van der Waals surface area contributed by atoms with E-state index in [4.69, 9.17) is 4.74 Å². The zero-order valence-electron chi connectivity index (χ0n) is 25.2. The first kappa shape index (κ1) is 30.8. The molecule has 0 aliphatic carbocycles. The average molecular weight is 571 g/mol. The minimum absolute atomic E-state index is 0.247. The third-order valence-corrected chi connectivity index (χ3v) is 7.58. The number of carbonyl (C=O) groups excluding carboxylic acids is 3. The van der Waals surface area contributed by atoms with Crippen molar-refractivity contribution in [2.45, 2.75) is 65.2 Å². The highest BCUT2D eigenvalue weighted by Crippen LogP contribution is 2.35.